The van der Waals surface area contributed by atoms with E-state index in [0.29, 0.717) is 12.6 Å². The van der Waals surface area contributed by atoms with Gasteiger partial charge in [-0.15, -0.1) is 0 Å². The van der Waals surface area contributed by atoms with Crippen LogP contribution in [0.4, 0.5) is 10.1 Å². The van der Waals surface area contributed by atoms with Crippen LogP contribution in [0.3, 0.4) is 0 Å². The van der Waals surface area contributed by atoms with Gasteiger partial charge in [-0.25, -0.2) is 4.39 Å². The van der Waals surface area contributed by atoms with Gasteiger partial charge >= 0.3 is 0 Å². The fraction of sp³-hybridized carbons (Fsp3) is 0.600. The fourth-order valence-electron chi connectivity index (χ4n) is 2.95. The highest BCUT2D eigenvalue weighted by Crippen LogP contribution is 2.20. The summed E-state index contributed by atoms with van der Waals surface area (Å²) in [5, 5.41) is 0. The quantitative estimate of drug-likeness (QED) is 0.829. The van der Waals surface area contributed by atoms with Crippen molar-refractivity contribution in [2.75, 3.05) is 32.4 Å². The Morgan fingerprint density at radius 2 is 2.26 bits per heavy atom. The average Bonchev–Trinajstić information content (AvgIpc) is 2.82. The van der Waals surface area contributed by atoms with Gasteiger partial charge in [0.05, 0.1) is 5.69 Å². The van der Waals surface area contributed by atoms with E-state index in [1.54, 1.807) is 6.07 Å². The highest BCUT2D eigenvalue weighted by atomic mass is 19.1. The zero-order valence-corrected chi connectivity index (χ0v) is 11.9. The molecule has 2 rings (SSSR count). The molecule has 1 fully saturated rings. The van der Waals surface area contributed by atoms with Gasteiger partial charge in [-0.2, -0.15) is 0 Å². The number of likely N-dealkylation sites (tertiary alicyclic amines) is 1. The van der Waals surface area contributed by atoms with Crippen LogP contribution < -0.4 is 5.73 Å². The van der Waals surface area contributed by atoms with Crippen molar-refractivity contribution in [3.05, 3.63) is 29.6 Å². The van der Waals surface area contributed by atoms with Crippen LogP contribution in [0.1, 0.15) is 25.3 Å². The second-order valence-electron chi connectivity index (χ2n) is 5.43. The lowest BCUT2D eigenvalue weighted by molar-refractivity contribution is 0.195. The van der Waals surface area contributed by atoms with Crippen LogP contribution in [-0.2, 0) is 6.54 Å². The molecule has 0 aliphatic carbocycles. The van der Waals surface area contributed by atoms with Crippen LogP contribution in [-0.4, -0.2) is 42.5 Å². The first-order valence-electron chi connectivity index (χ1n) is 7.07. The maximum atomic E-state index is 13.4. The van der Waals surface area contributed by atoms with E-state index in [-0.39, 0.29) is 11.5 Å². The third-order valence-corrected chi connectivity index (χ3v) is 4.01. The van der Waals surface area contributed by atoms with E-state index in [2.05, 4.69) is 23.8 Å². The molecule has 1 unspecified atom stereocenters. The first-order chi connectivity index (χ1) is 9.11. The summed E-state index contributed by atoms with van der Waals surface area (Å²) in [6, 6.07) is 5.67. The lowest BCUT2D eigenvalue weighted by atomic mass is 10.1. The zero-order valence-electron chi connectivity index (χ0n) is 11.9. The first-order valence-corrected chi connectivity index (χ1v) is 7.07. The van der Waals surface area contributed by atoms with Crippen LogP contribution in [0.2, 0.25) is 0 Å². The molecule has 19 heavy (non-hydrogen) atoms. The summed E-state index contributed by atoms with van der Waals surface area (Å²) in [6.07, 6.45) is 2.55. The predicted octanol–water partition coefficient (Wildman–Crippen LogP) is 2.32. The van der Waals surface area contributed by atoms with Gasteiger partial charge in [0.25, 0.3) is 0 Å². The molecule has 1 atom stereocenters. The van der Waals surface area contributed by atoms with Crippen LogP contribution >= 0.6 is 0 Å². The zero-order chi connectivity index (χ0) is 13.8. The van der Waals surface area contributed by atoms with Gasteiger partial charge in [-0.1, -0.05) is 19.1 Å². The van der Waals surface area contributed by atoms with Gasteiger partial charge in [0.1, 0.15) is 5.82 Å². The van der Waals surface area contributed by atoms with Gasteiger partial charge in [-0.3, -0.25) is 4.90 Å². The number of nitrogens with two attached hydrogens (primary N) is 1. The smallest absolute Gasteiger partial charge is 0.146 e. The highest BCUT2D eigenvalue weighted by Gasteiger charge is 2.24. The number of anilines is 1. The summed E-state index contributed by atoms with van der Waals surface area (Å²) < 4.78 is 13.4. The van der Waals surface area contributed by atoms with E-state index >= 15 is 0 Å². The molecule has 106 valence electrons. The number of para-hydroxylation sites is 1. The topological polar surface area (TPSA) is 32.5 Å². The standard InChI is InChI=1S/C15H24FN3/c1-3-19-9-5-7-13(19)11-18(2)10-12-6-4-8-14(16)15(12)17/h4,6,8,13H,3,5,7,9-11,17H2,1-2H3. The summed E-state index contributed by atoms with van der Waals surface area (Å²) in [5.74, 6) is -0.318. The molecule has 0 radical (unpaired) electrons. The Hall–Kier alpha value is -1.13. The van der Waals surface area contributed by atoms with Gasteiger partial charge in [0.15, 0.2) is 0 Å². The molecule has 1 aromatic carbocycles. The average molecular weight is 265 g/mol. The van der Waals surface area contributed by atoms with E-state index in [4.69, 9.17) is 5.73 Å². The maximum absolute atomic E-state index is 13.4. The lowest BCUT2D eigenvalue weighted by Gasteiger charge is -2.28. The molecule has 1 aromatic rings. The Kier molecular flexibility index (Phi) is 4.77. The molecule has 3 nitrogen and oxygen atoms in total. The minimum absolute atomic E-state index is 0.285. The van der Waals surface area contributed by atoms with Crippen molar-refractivity contribution >= 4 is 5.69 Å². The number of nitrogens with zero attached hydrogens (tertiary/aromatic N) is 2. The van der Waals surface area contributed by atoms with Gasteiger partial charge in [0.2, 0.25) is 0 Å². The first kappa shape index (κ1) is 14.3. The Labute approximate surface area is 115 Å². The molecule has 4 heteroatoms. The van der Waals surface area contributed by atoms with Crippen molar-refractivity contribution < 1.29 is 4.39 Å². The van der Waals surface area contributed by atoms with Crippen LogP contribution in [0.15, 0.2) is 18.2 Å². The molecular weight excluding hydrogens is 241 g/mol. The molecule has 0 saturated carbocycles. The monoisotopic (exact) mass is 265 g/mol. The van der Waals surface area contributed by atoms with E-state index in [1.165, 1.54) is 25.5 Å². The van der Waals surface area contributed by atoms with E-state index in [9.17, 15) is 4.39 Å². The fourth-order valence-corrected chi connectivity index (χ4v) is 2.95. The van der Waals surface area contributed by atoms with Gasteiger partial charge in [0, 0.05) is 19.1 Å². The van der Waals surface area contributed by atoms with Crippen molar-refractivity contribution in [1.82, 2.24) is 9.80 Å². The number of benzene rings is 1. The van der Waals surface area contributed by atoms with Crippen molar-refractivity contribution in [3.8, 4) is 0 Å². The van der Waals surface area contributed by atoms with E-state index < -0.39 is 0 Å². The van der Waals surface area contributed by atoms with Crippen molar-refractivity contribution in [2.24, 2.45) is 0 Å². The molecule has 1 aliphatic rings. The summed E-state index contributed by atoms with van der Waals surface area (Å²) in [7, 11) is 2.08. The second kappa shape index (κ2) is 6.35. The summed E-state index contributed by atoms with van der Waals surface area (Å²) in [5.41, 5.74) is 6.94. The summed E-state index contributed by atoms with van der Waals surface area (Å²) >= 11 is 0. The Balaban J connectivity index is 1.94. The SMILES string of the molecule is CCN1CCCC1CN(C)Cc1cccc(F)c1N. The number of hydrogen-bond acceptors (Lipinski definition) is 3. The van der Waals surface area contributed by atoms with Gasteiger partial charge in [-0.05, 0) is 44.6 Å². The molecular formula is C15H24FN3. The lowest BCUT2D eigenvalue weighted by Crippen LogP contribution is -2.38. The van der Waals surface area contributed by atoms with E-state index in [1.807, 2.05) is 6.07 Å². The number of halogens is 1. The third kappa shape index (κ3) is 3.45. The van der Waals surface area contributed by atoms with Crippen molar-refractivity contribution in [1.29, 1.82) is 0 Å². The number of rotatable bonds is 5. The van der Waals surface area contributed by atoms with Crippen LogP contribution in [0.25, 0.3) is 0 Å². The molecule has 0 spiro atoms. The number of nitrogen functional groups attached to an aromatic ring is 1. The predicted molar refractivity (Wildman–Crippen MR) is 77.4 cm³/mol. The van der Waals surface area contributed by atoms with Gasteiger partial charge < -0.3 is 10.6 Å². The minimum Gasteiger partial charge on any atom is -0.396 e. The number of hydrogen-bond donors (Lipinski definition) is 1. The van der Waals surface area contributed by atoms with E-state index in [0.717, 1.165) is 18.7 Å². The number of likely N-dealkylation sites (N-methyl/N-ethyl adjacent to an activating group) is 2. The third-order valence-electron chi connectivity index (χ3n) is 4.01. The van der Waals surface area contributed by atoms with Crippen LogP contribution in [0.5, 0.6) is 0 Å². The maximum Gasteiger partial charge on any atom is 0.146 e. The molecule has 0 aromatic heterocycles. The summed E-state index contributed by atoms with van der Waals surface area (Å²) in [4.78, 5) is 4.76. The molecule has 0 bridgehead atoms. The van der Waals surface area contributed by atoms with Crippen molar-refractivity contribution in [3.63, 3.8) is 0 Å². The van der Waals surface area contributed by atoms with Crippen LogP contribution in [0, 0.1) is 5.82 Å². The molecule has 1 aliphatic heterocycles. The van der Waals surface area contributed by atoms with Crippen molar-refractivity contribution in [2.45, 2.75) is 32.4 Å². The molecule has 2 N–H and O–H groups in total. The summed E-state index contributed by atoms with van der Waals surface area (Å²) in [6.45, 7) is 6.25. The molecule has 1 heterocycles. The highest BCUT2D eigenvalue weighted by molar-refractivity contribution is 5.47. The molecule has 1 saturated heterocycles. The Bertz CT molecular complexity index is 422. The minimum atomic E-state index is -0.318. The molecule has 0 amide bonds. The Morgan fingerprint density at radius 1 is 1.47 bits per heavy atom. The largest absolute Gasteiger partial charge is 0.396 e. The second-order valence-corrected chi connectivity index (χ2v) is 5.43. The Morgan fingerprint density at radius 3 is 3.00 bits per heavy atom. The normalized spacial score (nSPS) is 20.3.